The van der Waals surface area contributed by atoms with Crippen LogP contribution in [-0.2, 0) is 6.42 Å². The van der Waals surface area contributed by atoms with Crippen molar-refractivity contribution in [2.75, 3.05) is 25.0 Å². The van der Waals surface area contributed by atoms with Crippen LogP contribution in [0.25, 0.3) is 11.4 Å². The smallest absolute Gasteiger partial charge is 0.161 e. The molecule has 1 aromatic carbocycles. The first-order valence-corrected chi connectivity index (χ1v) is 8.33. The number of piperidine rings is 1. The van der Waals surface area contributed by atoms with Crippen LogP contribution in [0.1, 0.15) is 25.5 Å². The molecule has 1 saturated heterocycles. The van der Waals surface area contributed by atoms with Gasteiger partial charge >= 0.3 is 0 Å². The molecule has 0 aliphatic carbocycles. The molecular weight excluding hydrogens is 291 g/mol. The second-order valence-electron chi connectivity index (χ2n) is 6.00. The van der Waals surface area contributed by atoms with Crippen molar-refractivity contribution in [3.63, 3.8) is 0 Å². The molecule has 0 radical (unpaired) electrons. The Bertz CT molecular complexity index is 636. The van der Waals surface area contributed by atoms with E-state index in [2.05, 4.69) is 27.5 Å². The number of aromatic nitrogens is 2. The van der Waals surface area contributed by atoms with Crippen LogP contribution in [0.3, 0.4) is 0 Å². The van der Waals surface area contributed by atoms with Crippen molar-refractivity contribution in [2.24, 2.45) is 5.92 Å². The lowest BCUT2D eigenvalue weighted by Crippen LogP contribution is -2.31. The third kappa shape index (κ3) is 4.26. The molecule has 1 aromatic heterocycles. The monoisotopic (exact) mass is 314 g/mol. The van der Waals surface area contributed by atoms with Gasteiger partial charge in [-0.05, 0) is 62.5 Å². The fraction of sp³-hybridized carbons (Fsp3) is 0.444. The first kappa shape index (κ1) is 15.9. The van der Waals surface area contributed by atoms with E-state index in [1.165, 1.54) is 25.0 Å². The van der Waals surface area contributed by atoms with Gasteiger partial charge in [0.25, 0.3) is 0 Å². The first-order chi connectivity index (χ1) is 11.2. The van der Waals surface area contributed by atoms with E-state index in [0.717, 1.165) is 43.1 Å². The minimum absolute atomic E-state index is 0.246. The minimum atomic E-state index is -0.246. The molecule has 1 aliphatic rings. The van der Waals surface area contributed by atoms with Crippen LogP contribution in [0.5, 0.6) is 0 Å². The van der Waals surface area contributed by atoms with Gasteiger partial charge in [-0.25, -0.2) is 14.4 Å². The highest BCUT2D eigenvalue weighted by atomic mass is 19.1. The van der Waals surface area contributed by atoms with Gasteiger partial charge < -0.3 is 10.6 Å². The van der Waals surface area contributed by atoms with Crippen LogP contribution in [0.2, 0.25) is 0 Å². The molecule has 0 spiro atoms. The summed E-state index contributed by atoms with van der Waals surface area (Å²) < 4.78 is 13.1. The average Bonchev–Trinajstić information content (AvgIpc) is 2.61. The van der Waals surface area contributed by atoms with E-state index in [4.69, 9.17) is 0 Å². The van der Waals surface area contributed by atoms with E-state index in [9.17, 15) is 4.39 Å². The van der Waals surface area contributed by atoms with Crippen LogP contribution >= 0.6 is 0 Å². The molecule has 5 heteroatoms. The zero-order valence-corrected chi connectivity index (χ0v) is 13.5. The normalized spacial score (nSPS) is 15.6. The van der Waals surface area contributed by atoms with E-state index in [1.54, 1.807) is 12.1 Å². The van der Waals surface area contributed by atoms with E-state index >= 15 is 0 Å². The number of hydrogen-bond donors (Lipinski definition) is 2. The molecule has 2 N–H and O–H groups in total. The molecule has 3 rings (SSSR count). The van der Waals surface area contributed by atoms with Gasteiger partial charge in [0.2, 0.25) is 0 Å². The molecule has 23 heavy (non-hydrogen) atoms. The van der Waals surface area contributed by atoms with Crippen molar-refractivity contribution in [3.8, 4) is 11.4 Å². The third-order valence-electron chi connectivity index (χ3n) is 4.27. The molecule has 0 bridgehead atoms. The molecule has 1 aliphatic heterocycles. The second-order valence-corrected chi connectivity index (χ2v) is 6.00. The van der Waals surface area contributed by atoms with Gasteiger partial charge in [-0.2, -0.15) is 0 Å². The van der Waals surface area contributed by atoms with Crippen molar-refractivity contribution in [3.05, 3.63) is 41.8 Å². The summed E-state index contributed by atoms with van der Waals surface area (Å²) in [5, 5.41) is 6.84. The SMILES string of the molecule is CCc1cc(NCC2CCNCC2)nc(-c2ccc(F)cc2)n1. The number of benzene rings is 1. The lowest BCUT2D eigenvalue weighted by Gasteiger charge is -2.23. The molecule has 2 aromatic rings. The summed E-state index contributed by atoms with van der Waals surface area (Å²) in [5.41, 5.74) is 1.83. The zero-order valence-electron chi connectivity index (χ0n) is 13.5. The lowest BCUT2D eigenvalue weighted by molar-refractivity contribution is 0.389. The van der Waals surface area contributed by atoms with Crippen LogP contribution in [0.15, 0.2) is 30.3 Å². The molecule has 0 unspecified atom stereocenters. The number of hydrogen-bond acceptors (Lipinski definition) is 4. The topological polar surface area (TPSA) is 49.8 Å². The van der Waals surface area contributed by atoms with Crippen molar-refractivity contribution in [2.45, 2.75) is 26.2 Å². The van der Waals surface area contributed by atoms with Gasteiger partial charge in [-0.15, -0.1) is 0 Å². The van der Waals surface area contributed by atoms with E-state index in [0.29, 0.717) is 11.7 Å². The molecular formula is C18H23FN4. The predicted octanol–water partition coefficient (Wildman–Crippen LogP) is 3.26. The standard InChI is InChI=1S/C18H23FN4/c1-2-16-11-17(21-12-13-7-9-20-10-8-13)23-18(22-16)14-3-5-15(19)6-4-14/h3-6,11,13,20H,2,7-10,12H2,1H3,(H,21,22,23). The highest BCUT2D eigenvalue weighted by Gasteiger charge is 2.13. The maximum Gasteiger partial charge on any atom is 0.161 e. The molecule has 4 nitrogen and oxygen atoms in total. The molecule has 1 fully saturated rings. The Hall–Kier alpha value is -2.01. The quantitative estimate of drug-likeness (QED) is 0.889. The van der Waals surface area contributed by atoms with Crippen molar-refractivity contribution in [1.29, 1.82) is 0 Å². The van der Waals surface area contributed by atoms with E-state index in [-0.39, 0.29) is 5.82 Å². The summed E-state index contributed by atoms with van der Waals surface area (Å²) in [4.78, 5) is 9.17. The Morgan fingerprint density at radius 2 is 1.91 bits per heavy atom. The molecule has 0 amide bonds. The van der Waals surface area contributed by atoms with E-state index in [1.807, 2.05) is 6.07 Å². The van der Waals surface area contributed by atoms with Crippen LogP contribution in [-0.4, -0.2) is 29.6 Å². The van der Waals surface area contributed by atoms with Gasteiger partial charge in [0.05, 0.1) is 0 Å². The summed E-state index contributed by atoms with van der Waals surface area (Å²) in [7, 11) is 0. The highest BCUT2D eigenvalue weighted by molar-refractivity contribution is 5.57. The molecule has 0 atom stereocenters. The summed E-state index contributed by atoms with van der Waals surface area (Å²) in [6, 6.07) is 8.34. The first-order valence-electron chi connectivity index (χ1n) is 8.33. The maximum absolute atomic E-state index is 13.1. The number of rotatable bonds is 5. The van der Waals surface area contributed by atoms with Gasteiger partial charge in [-0.3, -0.25) is 0 Å². The number of nitrogens with zero attached hydrogens (tertiary/aromatic N) is 2. The Kier molecular flexibility index (Phi) is 5.18. The molecule has 0 saturated carbocycles. The summed E-state index contributed by atoms with van der Waals surface area (Å²) in [6.45, 7) is 5.20. The van der Waals surface area contributed by atoms with Crippen molar-refractivity contribution < 1.29 is 4.39 Å². The molecule has 122 valence electrons. The Balaban J connectivity index is 1.76. The average molecular weight is 314 g/mol. The van der Waals surface area contributed by atoms with Crippen molar-refractivity contribution >= 4 is 5.82 Å². The van der Waals surface area contributed by atoms with Gasteiger partial charge in [0.15, 0.2) is 5.82 Å². The van der Waals surface area contributed by atoms with Gasteiger partial charge in [0, 0.05) is 23.9 Å². The summed E-state index contributed by atoms with van der Waals surface area (Å²) in [6.07, 6.45) is 3.24. The Morgan fingerprint density at radius 1 is 1.17 bits per heavy atom. The summed E-state index contributed by atoms with van der Waals surface area (Å²) >= 11 is 0. The summed E-state index contributed by atoms with van der Waals surface area (Å²) in [5.74, 6) is 1.95. The zero-order chi connectivity index (χ0) is 16.1. The van der Waals surface area contributed by atoms with Crippen molar-refractivity contribution in [1.82, 2.24) is 15.3 Å². The third-order valence-corrected chi connectivity index (χ3v) is 4.27. The van der Waals surface area contributed by atoms with Gasteiger partial charge in [-0.1, -0.05) is 6.92 Å². The number of nitrogens with one attached hydrogen (secondary N) is 2. The fourth-order valence-corrected chi connectivity index (χ4v) is 2.83. The van der Waals surface area contributed by atoms with Gasteiger partial charge in [0.1, 0.15) is 11.6 Å². The molecule has 2 heterocycles. The predicted molar refractivity (Wildman–Crippen MR) is 90.9 cm³/mol. The number of halogens is 1. The number of anilines is 1. The maximum atomic E-state index is 13.1. The fourth-order valence-electron chi connectivity index (χ4n) is 2.83. The Labute approximate surface area is 136 Å². The second kappa shape index (κ2) is 7.51. The van der Waals surface area contributed by atoms with Crippen LogP contribution < -0.4 is 10.6 Å². The highest BCUT2D eigenvalue weighted by Crippen LogP contribution is 2.20. The number of aryl methyl sites for hydroxylation is 1. The van der Waals surface area contributed by atoms with Crippen LogP contribution in [0, 0.1) is 11.7 Å². The largest absolute Gasteiger partial charge is 0.370 e. The van der Waals surface area contributed by atoms with E-state index < -0.39 is 0 Å². The minimum Gasteiger partial charge on any atom is -0.370 e. The lowest BCUT2D eigenvalue weighted by atomic mass is 9.98. The Morgan fingerprint density at radius 3 is 2.61 bits per heavy atom. The van der Waals surface area contributed by atoms with Crippen LogP contribution in [0.4, 0.5) is 10.2 Å².